The molecule has 0 aromatic heterocycles. The molecule has 0 atom stereocenters. The molecule has 0 fully saturated rings. The summed E-state index contributed by atoms with van der Waals surface area (Å²) in [5.41, 5.74) is 1.63. The maximum Gasteiger partial charge on any atom is 0.387 e. The van der Waals surface area contributed by atoms with Crippen LogP contribution >= 0.6 is 0 Å². The third kappa shape index (κ3) is 6.23. The highest BCUT2D eigenvalue weighted by Crippen LogP contribution is 2.25. The first-order valence-electron chi connectivity index (χ1n) is 8.30. The summed E-state index contributed by atoms with van der Waals surface area (Å²) in [5.74, 6) is 1.25. The van der Waals surface area contributed by atoms with Gasteiger partial charge in [-0.15, -0.1) is 0 Å². The van der Waals surface area contributed by atoms with E-state index in [2.05, 4.69) is 20.4 Å². The number of methoxy groups -OCH3 is 1. The molecule has 0 saturated heterocycles. The number of hydrogen-bond donors (Lipinski definition) is 2. The Kier molecular flexibility index (Phi) is 7.67. The van der Waals surface area contributed by atoms with E-state index in [0.717, 1.165) is 5.56 Å². The Morgan fingerprint density at radius 1 is 1.12 bits per heavy atom. The van der Waals surface area contributed by atoms with Crippen molar-refractivity contribution >= 4 is 5.96 Å². The molecule has 0 aliphatic heterocycles. The van der Waals surface area contributed by atoms with Crippen molar-refractivity contribution in [3.63, 3.8) is 0 Å². The quantitative estimate of drug-likeness (QED) is 0.556. The Morgan fingerprint density at radius 3 is 2.54 bits per heavy atom. The number of guanidine groups is 1. The summed E-state index contributed by atoms with van der Waals surface area (Å²) in [6.07, 6.45) is 0. The van der Waals surface area contributed by atoms with Crippen LogP contribution in [0.15, 0.2) is 53.5 Å². The highest BCUT2D eigenvalue weighted by atomic mass is 19.3. The van der Waals surface area contributed by atoms with Crippen molar-refractivity contribution in [3.8, 4) is 11.5 Å². The van der Waals surface area contributed by atoms with Gasteiger partial charge in [-0.3, -0.25) is 0 Å². The van der Waals surface area contributed by atoms with Gasteiger partial charge in [-0.1, -0.05) is 30.3 Å². The highest BCUT2D eigenvalue weighted by Gasteiger charge is 2.11. The minimum atomic E-state index is -2.89. The molecule has 0 aliphatic rings. The summed E-state index contributed by atoms with van der Waals surface area (Å²) in [7, 11) is 1.52. The normalized spacial score (nSPS) is 11.3. The Balaban J connectivity index is 2.09. The lowest BCUT2D eigenvalue weighted by molar-refractivity contribution is -0.0504. The van der Waals surface area contributed by atoms with Crippen LogP contribution in [-0.2, 0) is 13.1 Å². The van der Waals surface area contributed by atoms with Crippen molar-refractivity contribution in [1.29, 1.82) is 0 Å². The Morgan fingerprint density at radius 2 is 1.88 bits per heavy atom. The minimum Gasteiger partial charge on any atom is -0.497 e. The van der Waals surface area contributed by atoms with Crippen molar-refractivity contribution in [2.45, 2.75) is 26.6 Å². The number of ether oxygens (including phenoxy) is 2. The van der Waals surface area contributed by atoms with Crippen LogP contribution in [0.3, 0.4) is 0 Å². The number of hydrogen-bond acceptors (Lipinski definition) is 3. The summed E-state index contributed by atoms with van der Waals surface area (Å²) in [4.78, 5) is 4.51. The van der Waals surface area contributed by atoms with Gasteiger partial charge in [0.2, 0.25) is 0 Å². The summed E-state index contributed by atoms with van der Waals surface area (Å²) in [6.45, 7) is 0.520. The van der Waals surface area contributed by atoms with E-state index in [1.54, 1.807) is 12.1 Å². The van der Waals surface area contributed by atoms with Gasteiger partial charge in [0.1, 0.15) is 11.5 Å². The van der Waals surface area contributed by atoms with Crippen molar-refractivity contribution in [1.82, 2.24) is 10.6 Å². The second-order valence-corrected chi connectivity index (χ2v) is 5.39. The summed E-state index contributed by atoms with van der Waals surface area (Å²) < 4.78 is 34.9. The lowest BCUT2D eigenvalue weighted by atomic mass is 10.2. The number of benzene rings is 2. The van der Waals surface area contributed by atoms with E-state index < -0.39 is 6.61 Å². The number of nitrogens with zero attached hydrogens (tertiary/aromatic N) is 1. The lowest BCUT2D eigenvalue weighted by Crippen LogP contribution is -2.36. The van der Waals surface area contributed by atoms with Crippen LogP contribution in [0.25, 0.3) is 0 Å². The Bertz CT molecular complexity index is 709. The van der Waals surface area contributed by atoms with Gasteiger partial charge in [-0.25, -0.2) is 4.99 Å². The fourth-order valence-corrected chi connectivity index (χ4v) is 2.31. The molecule has 0 amide bonds. The molecule has 0 saturated carbocycles. The van der Waals surface area contributed by atoms with E-state index in [9.17, 15) is 8.78 Å². The first-order chi connectivity index (χ1) is 12.6. The molecule has 0 aliphatic carbocycles. The molecular weight excluding hydrogens is 340 g/mol. The van der Waals surface area contributed by atoms with Crippen LogP contribution in [0.5, 0.6) is 11.5 Å². The average molecular weight is 363 g/mol. The maximum atomic E-state index is 12.6. The van der Waals surface area contributed by atoms with Crippen LogP contribution in [0.2, 0.25) is 0 Å². The predicted molar refractivity (Wildman–Crippen MR) is 97.7 cm³/mol. The first kappa shape index (κ1) is 19.5. The second kappa shape index (κ2) is 10.2. The molecular formula is C19H23F2N3O2. The lowest BCUT2D eigenvalue weighted by Gasteiger charge is -2.15. The first-order valence-corrected chi connectivity index (χ1v) is 8.30. The number of rotatable bonds is 8. The fourth-order valence-electron chi connectivity index (χ4n) is 2.31. The third-order valence-electron chi connectivity index (χ3n) is 3.54. The zero-order valence-corrected chi connectivity index (χ0v) is 14.8. The van der Waals surface area contributed by atoms with Gasteiger partial charge < -0.3 is 20.1 Å². The minimum absolute atomic E-state index is 0.104. The van der Waals surface area contributed by atoms with Crippen LogP contribution in [-0.4, -0.2) is 26.2 Å². The molecule has 140 valence electrons. The van der Waals surface area contributed by atoms with E-state index >= 15 is 0 Å². The van der Waals surface area contributed by atoms with E-state index in [-0.39, 0.29) is 12.3 Å². The molecule has 2 aromatic carbocycles. The molecule has 0 bridgehead atoms. The van der Waals surface area contributed by atoms with Gasteiger partial charge in [0.05, 0.1) is 13.7 Å². The van der Waals surface area contributed by atoms with Crippen LogP contribution in [0.4, 0.5) is 8.78 Å². The van der Waals surface area contributed by atoms with Crippen molar-refractivity contribution < 1.29 is 18.3 Å². The molecule has 26 heavy (non-hydrogen) atoms. The highest BCUT2D eigenvalue weighted by molar-refractivity contribution is 5.79. The van der Waals surface area contributed by atoms with Crippen molar-refractivity contribution in [3.05, 3.63) is 59.7 Å². The van der Waals surface area contributed by atoms with Crippen LogP contribution in [0.1, 0.15) is 18.1 Å². The van der Waals surface area contributed by atoms with Gasteiger partial charge >= 0.3 is 6.61 Å². The second-order valence-electron chi connectivity index (χ2n) is 5.39. The topological polar surface area (TPSA) is 54.9 Å². The average Bonchev–Trinajstić information content (AvgIpc) is 2.65. The molecule has 7 heteroatoms. The Hall–Kier alpha value is -2.83. The molecule has 0 spiro atoms. The molecule has 0 unspecified atom stereocenters. The number of aliphatic imine (C=N–C) groups is 1. The molecule has 0 radical (unpaired) electrons. The molecule has 2 rings (SSSR count). The number of nitrogens with one attached hydrogen (secondary N) is 2. The predicted octanol–water partition coefficient (Wildman–Crippen LogP) is 3.55. The van der Waals surface area contributed by atoms with E-state index in [1.807, 2.05) is 37.3 Å². The van der Waals surface area contributed by atoms with E-state index in [0.29, 0.717) is 30.4 Å². The smallest absolute Gasteiger partial charge is 0.387 e. The van der Waals surface area contributed by atoms with Gasteiger partial charge in [0, 0.05) is 18.7 Å². The van der Waals surface area contributed by atoms with Crippen LogP contribution < -0.4 is 20.1 Å². The third-order valence-corrected chi connectivity index (χ3v) is 3.54. The fraction of sp³-hybridized carbons (Fsp3) is 0.316. The molecule has 2 aromatic rings. The van der Waals surface area contributed by atoms with Crippen LogP contribution in [0, 0.1) is 0 Å². The van der Waals surface area contributed by atoms with Crippen molar-refractivity contribution in [2.24, 2.45) is 4.99 Å². The number of halogens is 2. The van der Waals surface area contributed by atoms with Gasteiger partial charge in [-0.05, 0) is 30.7 Å². The zero-order valence-electron chi connectivity index (χ0n) is 14.8. The monoisotopic (exact) mass is 363 g/mol. The Labute approximate surface area is 152 Å². The maximum absolute atomic E-state index is 12.6. The van der Waals surface area contributed by atoms with Gasteiger partial charge in [-0.2, -0.15) is 8.78 Å². The summed E-state index contributed by atoms with van der Waals surface area (Å²) >= 11 is 0. The zero-order chi connectivity index (χ0) is 18.8. The van der Waals surface area contributed by atoms with Gasteiger partial charge in [0.15, 0.2) is 5.96 Å². The van der Waals surface area contributed by atoms with Gasteiger partial charge in [0.25, 0.3) is 0 Å². The summed E-state index contributed by atoms with van der Waals surface area (Å²) in [6, 6.07) is 14.5. The molecule has 0 heterocycles. The summed E-state index contributed by atoms with van der Waals surface area (Å²) in [5, 5.41) is 6.26. The molecule has 2 N–H and O–H groups in total. The van der Waals surface area contributed by atoms with Crippen molar-refractivity contribution in [2.75, 3.05) is 13.7 Å². The number of alkyl halides is 2. The van der Waals surface area contributed by atoms with E-state index in [1.165, 1.54) is 13.2 Å². The standard InChI is InChI=1S/C19H23F2N3O2/c1-3-22-19(23-12-14-7-5-4-6-8-14)24-13-15-11-16(25-2)9-10-17(15)26-18(20)21/h4-11,18H,3,12-13H2,1-2H3,(H2,22,23,24). The largest absolute Gasteiger partial charge is 0.497 e. The molecule has 5 nitrogen and oxygen atoms in total. The van der Waals surface area contributed by atoms with E-state index in [4.69, 9.17) is 4.74 Å². The SMILES string of the molecule is CCNC(=NCc1ccccc1)NCc1cc(OC)ccc1OC(F)F.